The molecule has 0 aliphatic carbocycles. The summed E-state index contributed by atoms with van der Waals surface area (Å²) in [6.07, 6.45) is 0.765. The Labute approximate surface area is 127 Å². The summed E-state index contributed by atoms with van der Waals surface area (Å²) in [5, 5.41) is 1.02. The normalized spacial score (nSPS) is 10.8. The van der Waals surface area contributed by atoms with Crippen LogP contribution in [0.25, 0.3) is 11.3 Å². The summed E-state index contributed by atoms with van der Waals surface area (Å²) in [6.45, 7) is 2.02. The zero-order chi connectivity index (χ0) is 14.8. The minimum atomic E-state index is -0.236. The molecule has 0 amide bonds. The van der Waals surface area contributed by atoms with E-state index >= 15 is 0 Å². The van der Waals surface area contributed by atoms with Crippen LogP contribution in [0.2, 0.25) is 0 Å². The highest BCUT2D eigenvalue weighted by Gasteiger charge is 2.11. The van der Waals surface area contributed by atoms with Gasteiger partial charge in [0.2, 0.25) is 0 Å². The van der Waals surface area contributed by atoms with Crippen LogP contribution in [-0.2, 0) is 6.42 Å². The molecule has 2 aromatic carbocycles. The Hall–Kier alpha value is -2.20. The summed E-state index contributed by atoms with van der Waals surface area (Å²) in [5.41, 5.74) is 9.31. The lowest BCUT2D eigenvalue weighted by Crippen LogP contribution is -1.89. The molecule has 1 heterocycles. The Bertz CT molecular complexity index is 763. The Morgan fingerprint density at radius 1 is 1.14 bits per heavy atom. The van der Waals surface area contributed by atoms with Gasteiger partial charge in [-0.25, -0.2) is 9.37 Å². The fraction of sp³-hybridized carbons (Fsp3) is 0.118. The maximum Gasteiger partial charge on any atom is 0.123 e. The third kappa shape index (κ3) is 3.11. The van der Waals surface area contributed by atoms with Gasteiger partial charge in [0.1, 0.15) is 5.82 Å². The van der Waals surface area contributed by atoms with Crippen molar-refractivity contribution in [1.29, 1.82) is 0 Å². The number of aryl methyl sites for hydroxylation is 1. The van der Waals surface area contributed by atoms with Gasteiger partial charge in [-0.05, 0) is 36.8 Å². The number of nitrogens with two attached hydrogens (primary N) is 1. The van der Waals surface area contributed by atoms with Crippen molar-refractivity contribution in [2.24, 2.45) is 0 Å². The lowest BCUT2D eigenvalue weighted by molar-refractivity contribution is 0.628. The predicted molar refractivity (Wildman–Crippen MR) is 85.9 cm³/mol. The molecule has 21 heavy (non-hydrogen) atoms. The fourth-order valence-electron chi connectivity index (χ4n) is 2.24. The van der Waals surface area contributed by atoms with Crippen molar-refractivity contribution in [1.82, 2.24) is 4.98 Å². The number of halogens is 1. The molecule has 0 unspecified atom stereocenters. The van der Waals surface area contributed by atoms with Gasteiger partial charge in [-0.15, -0.1) is 11.3 Å². The van der Waals surface area contributed by atoms with E-state index in [1.165, 1.54) is 17.7 Å². The summed E-state index contributed by atoms with van der Waals surface area (Å²) in [5.74, 6) is -0.236. The van der Waals surface area contributed by atoms with Crippen LogP contribution < -0.4 is 5.73 Å². The van der Waals surface area contributed by atoms with Gasteiger partial charge in [-0.1, -0.05) is 24.3 Å². The van der Waals surface area contributed by atoms with E-state index in [1.807, 2.05) is 37.3 Å². The summed E-state index contributed by atoms with van der Waals surface area (Å²) >= 11 is 1.65. The van der Waals surface area contributed by atoms with E-state index in [0.29, 0.717) is 0 Å². The first-order valence-electron chi connectivity index (χ1n) is 6.68. The van der Waals surface area contributed by atoms with Crippen molar-refractivity contribution in [3.8, 4) is 11.3 Å². The van der Waals surface area contributed by atoms with Crippen molar-refractivity contribution in [3.05, 3.63) is 69.8 Å². The molecule has 4 heteroatoms. The van der Waals surface area contributed by atoms with Crippen LogP contribution in [0.3, 0.4) is 0 Å². The minimum Gasteiger partial charge on any atom is -0.399 e. The highest BCUT2D eigenvalue weighted by molar-refractivity contribution is 7.12. The molecule has 0 saturated carbocycles. The molecule has 0 aliphatic heterocycles. The number of nitrogen functional groups attached to an aromatic ring is 1. The van der Waals surface area contributed by atoms with Gasteiger partial charge in [-0.2, -0.15) is 0 Å². The lowest BCUT2D eigenvalue weighted by atomic mass is 10.1. The molecular formula is C17H15FN2S. The summed E-state index contributed by atoms with van der Waals surface area (Å²) < 4.78 is 13.3. The molecule has 3 rings (SSSR count). The molecule has 0 fully saturated rings. The maximum absolute atomic E-state index is 13.3. The third-order valence-corrected chi connectivity index (χ3v) is 4.24. The summed E-state index contributed by atoms with van der Waals surface area (Å²) in [6, 6.07) is 14.4. The standard InChI is InChI=1S/C17H15FN2S/c1-11-17(13-3-2-4-14(18)10-13)20-16(21-11)9-12-5-7-15(19)8-6-12/h2-8,10H,9,19H2,1H3. The average Bonchev–Trinajstić information content (AvgIpc) is 2.82. The molecule has 1 aromatic heterocycles. The number of rotatable bonds is 3. The second-order valence-corrected chi connectivity index (χ2v) is 6.23. The van der Waals surface area contributed by atoms with Crippen molar-refractivity contribution in [3.63, 3.8) is 0 Å². The first kappa shape index (κ1) is 13.8. The second-order valence-electron chi connectivity index (χ2n) is 4.94. The Morgan fingerprint density at radius 2 is 1.90 bits per heavy atom. The van der Waals surface area contributed by atoms with Gasteiger partial charge in [-0.3, -0.25) is 0 Å². The van der Waals surface area contributed by atoms with Gasteiger partial charge in [0.05, 0.1) is 10.7 Å². The molecule has 0 saturated heterocycles. The SMILES string of the molecule is Cc1sc(Cc2ccc(N)cc2)nc1-c1cccc(F)c1. The van der Waals surface area contributed by atoms with Gasteiger partial charge < -0.3 is 5.73 Å². The number of nitrogens with zero attached hydrogens (tertiary/aromatic N) is 1. The van der Waals surface area contributed by atoms with Crippen molar-refractivity contribution in [2.45, 2.75) is 13.3 Å². The summed E-state index contributed by atoms with van der Waals surface area (Å²) in [7, 11) is 0. The third-order valence-electron chi connectivity index (χ3n) is 3.27. The number of hydrogen-bond donors (Lipinski definition) is 1. The molecule has 3 aromatic rings. The van der Waals surface area contributed by atoms with Crippen LogP contribution in [0, 0.1) is 12.7 Å². The molecule has 0 radical (unpaired) electrons. The van der Waals surface area contributed by atoms with E-state index < -0.39 is 0 Å². The van der Waals surface area contributed by atoms with Crippen LogP contribution in [0.1, 0.15) is 15.4 Å². The smallest absolute Gasteiger partial charge is 0.123 e. The Morgan fingerprint density at radius 3 is 2.62 bits per heavy atom. The van der Waals surface area contributed by atoms with Crippen LogP contribution >= 0.6 is 11.3 Å². The van der Waals surface area contributed by atoms with E-state index in [-0.39, 0.29) is 5.82 Å². The zero-order valence-electron chi connectivity index (χ0n) is 11.6. The molecule has 0 aliphatic rings. The first-order valence-corrected chi connectivity index (χ1v) is 7.50. The number of hydrogen-bond acceptors (Lipinski definition) is 3. The zero-order valence-corrected chi connectivity index (χ0v) is 12.5. The van der Waals surface area contributed by atoms with Crippen LogP contribution in [0.15, 0.2) is 48.5 Å². The minimum absolute atomic E-state index is 0.236. The van der Waals surface area contributed by atoms with Gasteiger partial charge >= 0.3 is 0 Å². The Kier molecular flexibility index (Phi) is 3.71. The van der Waals surface area contributed by atoms with Crippen molar-refractivity contribution in [2.75, 3.05) is 5.73 Å². The lowest BCUT2D eigenvalue weighted by Gasteiger charge is -1.99. The second kappa shape index (κ2) is 5.66. The molecule has 0 spiro atoms. The van der Waals surface area contributed by atoms with E-state index in [1.54, 1.807) is 17.4 Å². The van der Waals surface area contributed by atoms with Crippen LogP contribution in [-0.4, -0.2) is 4.98 Å². The maximum atomic E-state index is 13.3. The predicted octanol–water partition coefficient (Wildman–Crippen LogP) is 4.43. The van der Waals surface area contributed by atoms with E-state index in [9.17, 15) is 4.39 Å². The van der Waals surface area contributed by atoms with Crippen molar-refractivity contribution < 1.29 is 4.39 Å². The molecule has 2 nitrogen and oxygen atoms in total. The highest BCUT2D eigenvalue weighted by atomic mass is 32.1. The van der Waals surface area contributed by atoms with Crippen molar-refractivity contribution >= 4 is 17.0 Å². The highest BCUT2D eigenvalue weighted by Crippen LogP contribution is 2.29. The van der Waals surface area contributed by atoms with Gasteiger partial charge in [0.25, 0.3) is 0 Å². The van der Waals surface area contributed by atoms with E-state index in [0.717, 1.165) is 33.3 Å². The Balaban J connectivity index is 1.89. The average molecular weight is 298 g/mol. The molecular weight excluding hydrogens is 283 g/mol. The van der Waals surface area contributed by atoms with Crippen LogP contribution in [0.5, 0.6) is 0 Å². The number of benzene rings is 2. The number of anilines is 1. The number of aromatic nitrogens is 1. The van der Waals surface area contributed by atoms with Crippen LogP contribution in [0.4, 0.5) is 10.1 Å². The van der Waals surface area contributed by atoms with Gasteiger partial charge in [0, 0.05) is 22.5 Å². The quantitative estimate of drug-likeness (QED) is 0.726. The van der Waals surface area contributed by atoms with E-state index in [2.05, 4.69) is 4.98 Å². The van der Waals surface area contributed by atoms with E-state index in [4.69, 9.17) is 5.73 Å². The first-order chi connectivity index (χ1) is 10.1. The topological polar surface area (TPSA) is 38.9 Å². The largest absolute Gasteiger partial charge is 0.399 e. The molecule has 0 bridgehead atoms. The molecule has 0 atom stereocenters. The number of thiazole rings is 1. The van der Waals surface area contributed by atoms with Gasteiger partial charge in [0.15, 0.2) is 0 Å². The monoisotopic (exact) mass is 298 g/mol. The molecule has 106 valence electrons. The summed E-state index contributed by atoms with van der Waals surface area (Å²) in [4.78, 5) is 5.76. The molecule has 2 N–H and O–H groups in total. The fourth-order valence-corrected chi connectivity index (χ4v) is 3.23.